The van der Waals surface area contributed by atoms with Crippen LogP contribution >= 0.6 is 0 Å². The van der Waals surface area contributed by atoms with Gasteiger partial charge in [0, 0.05) is 12.7 Å². The summed E-state index contributed by atoms with van der Waals surface area (Å²) in [6, 6.07) is 16.8. The third-order valence-corrected chi connectivity index (χ3v) is 4.52. The molecule has 1 aliphatic rings. The van der Waals surface area contributed by atoms with Crippen LogP contribution in [0, 0.1) is 0 Å². The van der Waals surface area contributed by atoms with E-state index in [1.807, 2.05) is 18.3 Å². The van der Waals surface area contributed by atoms with E-state index in [4.69, 9.17) is 5.11 Å². The number of anilines is 1. The Morgan fingerprint density at radius 3 is 2.38 bits per heavy atom. The Balaban J connectivity index is 1.54. The van der Waals surface area contributed by atoms with E-state index in [1.165, 1.54) is 22.3 Å². The number of hydrogen-bond donors (Lipinski definition) is 3. The summed E-state index contributed by atoms with van der Waals surface area (Å²) in [5.74, 6) is -0.176. The summed E-state index contributed by atoms with van der Waals surface area (Å²) < 4.78 is 1.59. The Kier molecular flexibility index (Phi) is 4.41. The van der Waals surface area contributed by atoms with E-state index in [0.29, 0.717) is 0 Å². The molecule has 2 aromatic carbocycles. The van der Waals surface area contributed by atoms with Crippen LogP contribution in [0.1, 0.15) is 17.2 Å². The molecule has 3 aromatic rings. The summed E-state index contributed by atoms with van der Waals surface area (Å²) >= 11 is 0. The van der Waals surface area contributed by atoms with Gasteiger partial charge in [-0.2, -0.15) is 5.10 Å². The molecule has 0 spiro atoms. The van der Waals surface area contributed by atoms with Crippen LogP contribution in [0.15, 0.2) is 60.9 Å². The Hall–Kier alpha value is -3.12. The molecule has 132 valence electrons. The van der Waals surface area contributed by atoms with Crippen molar-refractivity contribution < 1.29 is 9.90 Å². The van der Waals surface area contributed by atoms with Gasteiger partial charge < -0.3 is 15.7 Å². The molecule has 3 N–H and O–H groups in total. The molecule has 6 heteroatoms. The maximum Gasteiger partial charge on any atom is 0.241 e. The maximum atomic E-state index is 11.7. The van der Waals surface area contributed by atoms with Crippen molar-refractivity contribution in [3.63, 3.8) is 0 Å². The van der Waals surface area contributed by atoms with Gasteiger partial charge in [0.1, 0.15) is 6.54 Å². The molecule has 0 saturated carbocycles. The molecule has 0 aliphatic heterocycles. The predicted molar refractivity (Wildman–Crippen MR) is 99.7 cm³/mol. The molecule has 0 saturated heterocycles. The molecule has 6 nitrogen and oxygen atoms in total. The molecule has 26 heavy (non-hydrogen) atoms. The minimum atomic E-state index is -0.176. The second-order valence-corrected chi connectivity index (χ2v) is 6.25. The van der Waals surface area contributed by atoms with Gasteiger partial charge in [0.05, 0.1) is 24.5 Å². The van der Waals surface area contributed by atoms with Crippen LogP contribution in [0.2, 0.25) is 0 Å². The van der Waals surface area contributed by atoms with Crippen molar-refractivity contribution in [2.75, 3.05) is 18.5 Å². The number of rotatable bonds is 6. The van der Waals surface area contributed by atoms with Gasteiger partial charge in [0.25, 0.3) is 0 Å². The number of aromatic nitrogens is 2. The summed E-state index contributed by atoms with van der Waals surface area (Å²) in [5, 5.41) is 19.2. The highest BCUT2D eigenvalue weighted by molar-refractivity contribution is 5.80. The summed E-state index contributed by atoms with van der Waals surface area (Å²) in [7, 11) is 0. The number of fused-ring (bicyclic) bond motifs is 3. The first-order chi connectivity index (χ1) is 12.8. The van der Waals surface area contributed by atoms with E-state index in [1.54, 1.807) is 10.9 Å². The lowest BCUT2D eigenvalue weighted by Crippen LogP contribution is -2.30. The molecule has 0 bridgehead atoms. The summed E-state index contributed by atoms with van der Waals surface area (Å²) in [6.07, 6.45) is 3.55. The Bertz CT molecular complexity index is 889. The summed E-state index contributed by atoms with van der Waals surface area (Å²) in [6.45, 7) is 0.304. The quantitative estimate of drug-likeness (QED) is 0.638. The molecule has 0 radical (unpaired) electrons. The van der Waals surface area contributed by atoms with Crippen LogP contribution in [-0.2, 0) is 11.3 Å². The van der Waals surface area contributed by atoms with Gasteiger partial charge in [-0.25, -0.2) is 0 Å². The Morgan fingerprint density at radius 1 is 1.08 bits per heavy atom. The van der Waals surface area contributed by atoms with E-state index in [0.717, 1.165) is 5.69 Å². The highest BCUT2D eigenvalue weighted by Crippen LogP contribution is 2.44. The monoisotopic (exact) mass is 348 g/mol. The lowest BCUT2D eigenvalue weighted by molar-refractivity contribution is -0.122. The number of benzene rings is 2. The second kappa shape index (κ2) is 7.01. The van der Waals surface area contributed by atoms with Crippen LogP contribution in [0.25, 0.3) is 11.1 Å². The fourth-order valence-corrected chi connectivity index (χ4v) is 3.40. The molecule has 4 rings (SSSR count). The Morgan fingerprint density at radius 2 is 1.73 bits per heavy atom. The zero-order chi connectivity index (χ0) is 17.9. The van der Waals surface area contributed by atoms with Gasteiger partial charge >= 0.3 is 0 Å². The van der Waals surface area contributed by atoms with E-state index in [-0.39, 0.29) is 31.6 Å². The highest BCUT2D eigenvalue weighted by Gasteiger charge is 2.28. The fourth-order valence-electron chi connectivity index (χ4n) is 3.40. The third kappa shape index (κ3) is 3.07. The Labute approximate surface area is 151 Å². The lowest BCUT2D eigenvalue weighted by Gasteiger charge is -2.15. The van der Waals surface area contributed by atoms with Crippen molar-refractivity contribution in [2.24, 2.45) is 0 Å². The van der Waals surface area contributed by atoms with Crippen molar-refractivity contribution in [1.29, 1.82) is 0 Å². The molecule has 0 unspecified atom stereocenters. The van der Waals surface area contributed by atoms with Crippen LogP contribution in [0.4, 0.5) is 5.69 Å². The predicted octanol–water partition coefficient (Wildman–Crippen LogP) is 2.17. The molecule has 0 fully saturated rings. The van der Waals surface area contributed by atoms with Gasteiger partial charge in [0.15, 0.2) is 0 Å². The summed E-state index contributed by atoms with van der Waals surface area (Å²) in [5.41, 5.74) is 5.83. The SMILES string of the molecule is O=C(Cn1cc(NC2c3ccccc3-c3ccccc32)cn1)NCCO. The first-order valence-corrected chi connectivity index (χ1v) is 8.61. The van der Waals surface area contributed by atoms with Gasteiger partial charge in [-0.3, -0.25) is 9.48 Å². The van der Waals surface area contributed by atoms with Crippen molar-refractivity contribution in [1.82, 2.24) is 15.1 Å². The van der Waals surface area contributed by atoms with Crippen LogP contribution < -0.4 is 10.6 Å². The number of aliphatic hydroxyl groups is 1. The first-order valence-electron chi connectivity index (χ1n) is 8.61. The normalized spacial score (nSPS) is 12.5. The molecular weight excluding hydrogens is 328 g/mol. The largest absolute Gasteiger partial charge is 0.395 e. The minimum Gasteiger partial charge on any atom is -0.395 e. The van der Waals surface area contributed by atoms with Crippen LogP contribution in [0.5, 0.6) is 0 Å². The second-order valence-electron chi connectivity index (χ2n) is 6.25. The minimum absolute atomic E-state index is 0.0586. The number of nitrogens with one attached hydrogen (secondary N) is 2. The number of amides is 1. The zero-order valence-corrected chi connectivity index (χ0v) is 14.2. The third-order valence-electron chi connectivity index (χ3n) is 4.52. The van der Waals surface area contributed by atoms with Gasteiger partial charge in [0.2, 0.25) is 5.91 Å². The number of carbonyl (C=O) groups is 1. The lowest BCUT2D eigenvalue weighted by atomic mass is 10.1. The summed E-state index contributed by atoms with van der Waals surface area (Å²) in [4.78, 5) is 11.7. The van der Waals surface area contributed by atoms with Crippen LogP contribution in [0.3, 0.4) is 0 Å². The molecule has 1 aromatic heterocycles. The highest BCUT2D eigenvalue weighted by atomic mass is 16.3. The van der Waals surface area contributed by atoms with Crippen molar-refractivity contribution >= 4 is 11.6 Å². The van der Waals surface area contributed by atoms with Crippen LogP contribution in [-0.4, -0.2) is 33.9 Å². The van der Waals surface area contributed by atoms with Crippen molar-refractivity contribution in [2.45, 2.75) is 12.6 Å². The van der Waals surface area contributed by atoms with E-state index in [2.05, 4.69) is 52.1 Å². The molecule has 0 atom stereocenters. The average Bonchev–Trinajstić information content (AvgIpc) is 3.24. The number of hydrogen-bond acceptors (Lipinski definition) is 4. The first kappa shape index (κ1) is 16.4. The van der Waals surface area contributed by atoms with E-state index < -0.39 is 0 Å². The zero-order valence-electron chi connectivity index (χ0n) is 14.2. The van der Waals surface area contributed by atoms with E-state index >= 15 is 0 Å². The smallest absolute Gasteiger partial charge is 0.241 e. The van der Waals surface area contributed by atoms with Crippen molar-refractivity contribution in [3.05, 3.63) is 72.1 Å². The molecule has 1 aliphatic carbocycles. The molecule has 1 heterocycles. The molecule has 1 amide bonds. The number of nitrogens with zero attached hydrogens (tertiary/aromatic N) is 2. The average molecular weight is 348 g/mol. The number of carbonyl (C=O) groups excluding carboxylic acids is 1. The topological polar surface area (TPSA) is 79.2 Å². The number of aliphatic hydroxyl groups excluding tert-OH is 1. The fraction of sp³-hybridized carbons (Fsp3) is 0.200. The van der Waals surface area contributed by atoms with Gasteiger partial charge in [-0.1, -0.05) is 48.5 Å². The maximum absolute atomic E-state index is 11.7. The standard InChI is InChI=1S/C20H20N4O2/c25-10-9-21-19(26)13-24-12-14(11-22-24)23-20-17-7-3-1-5-15(17)16-6-2-4-8-18(16)20/h1-8,11-12,20,23,25H,9-10,13H2,(H,21,26). The van der Waals surface area contributed by atoms with Gasteiger partial charge in [-0.05, 0) is 22.3 Å². The van der Waals surface area contributed by atoms with E-state index in [9.17, 15) is 4.79 Å². The van der Waals surface area contributed by atoms with Crippen molar-refractivity contribution in [3.8, 4) is 11.1 Å². The van der Waals surface area contributed by atoms with Gasteiger partial charge in [-0.15, -0.1) is 0 Å². The molecular formula is C20H20N4O2.